The van der Waals surface area contributed by atoms with E-state index in [1.54, 1.807) is 0 Å². The first-order chi connectivity index (χ1) is 7.26. The molecule has 2 nitrogen and oxygen atoms in total. The van der Waals surface area contributed by atoms with Crippen LogP contribution in [0, 0.1) is 11.3 Å². The van der Waals surface area contributed by atoms with Crippen molar-refractivity contribution in [1.82, 2.24) is 5.32 Å². The summed E-state index contributed by atoms with van der Waals surface area (Å²) in [5, 5.41) is 12.1. The molecule has 1 atom stereocenters. The van der Waals surface area contributed by atoms with Crippen molar-refractivity contribution in [2.45, 2.75) is 32.7 Å². The van der Waals surface area contributed by atoms with Gasteiger partial charge in [-0.1, -0.05) is 19.1 Å². The van der Waals surface area contributed by atoms with Crippen LogP contribution >= 0.6 is 0 Å². The summed E-state index contributed by atoms with van der Waals surface area (Å²) < 4.78 is 0. The molecular formula is C13H18N2. The van der Waals surface area contributed by atoms with Crippen molar-refractivity contribution in [3.05, 3.63) is 35.4 Å². The molecule has 0 bridgehead atoms. The standard InChI is InChI=1S/C13H18N2/c1-3-8-15-11(2)9-12-4-6-13(10-14)7-5-12/h4-7,11,15H,3,8-9H2,1-2H3. The van der Waals surface area contributed by atoms with Crippen molar-refractivity contribution >= 4 is 0 Å². The zero-order chi connectivity index (χ0) is 11.1. The largest absolute Gasteiger partial charge is 0.314 e. The first kappa shape index (κ1) is 11.7. The molecule has 2 heteroatoms. The molecule has 0 heterocycles. The minimum absolute atomic E-state index is 0.498. The normalized spacial score (nSPS) is 12.1. The van der Waals surface area contributed by atoms with E-state index in [-0.39, 0.29) is 0 Å². The second-order valence-electron chi connectivity index (χ2n) is 3.87. The average Bonchev–Trinajstić information content (AvgIpc) is 2.27. The smallest absolute Gasteiger partial charge is 0.0991 e. The van der Waals surface area contributed by atoms with Gasteiger partial charge >= 0.3 is 0 Å². The van der Waals surface area contributed by atoms with E-state index in [1.165, 1.54) is 5.56 Å². The summed E-state index contributed by atoms with van der Waals surface area (Å²) in [5.41, 5.74) is 2.01. The molecule has 1 aromatic rings. The van der Waals surface area contributed by atoms with Gasteiger partial charge in [0.1, 0.15) is 0 Å². The predicted molar refractivity (Wildman–Crippen MR) is 62.6 cm³/mol. The molecule has 0 aliphatic carbocycles. The van der Waals surface area contributed by atoms with Gasteiger partial charge in [-0.3, -0.25) is 0 Å². The summed E-state index contributed by atoms with van der Waals surface area (Å²) in [6.45, 7) is 5.42. The Bertz CT molecular complexity index is 321. The molecule has 0 saturated heterocycles. The third-order valence-electron chi connectivity index (χ3n) is 2.37. The quantitative estimate of drug-likeness (QED) is 0.796. The van der Waals surface area contributed by atoms with Crippen molar-refractivity contribution in [3.63, 3.8) is 0 Å². The van der Waals surface area contributed by atoms with E-state index >= 15 is 0 Å². The van der Waals surface area contributed by atoms with Crippen LogP contribution in [0.5, 0.6) is 0 Å². The Morgan fingerprint density at radius 1 is 1.33 bits per heavy atom. The molecule has 0 spiro atoms. The van der Waals surface area contributed by atoms with Crippen LogP contribution in [0.1, 0.15) is 31.4 Å². The fraction of sp³-hybridized carbons (Fsp3) is 0.462. The van der Waals surface area contributed by atoms with Gasteiger partial charge in [0.15, 0.2) is 0 Å². The van der Waals surface area contributed by atoms with E-state index < -0.39 is 0 Å². The van der Waals surface area contributed by atoms with E-state index in [9.17, 15) is 0 Å². The van der Waals surface area contributed by atoms with Crippen molar-refractivity contribution in [1.29, 1.82) is 5.26 Å². The topological polar surface area (TPSA) is 35.8 Å². The SMILES string of the molecule is CCCNC(C)Cc1ccc(C#N)cc1. The summed E-state index contributed by atoms with van der Waals surface area (Å²) in [6.07, 6.45) is 2.18. The highest BCUT2D eigenvalue weighted by molar-refractivity contribution is 5.31. The van der Waals surface area contributed by atoms with Crippen LogP contribution in [0.25, 0.3) is 0 Å². The van der Waals surface area contributed by atoms with Crippen molar-refractivity contribution in [2.24, 2.45) is 0 Å². The minimum Gasteiger partial charge on any atom is -0.314 e. The number of nitriles is 1. The van der Waals surface area contributed by atoms with Crippen molar-refractivity contribution in [3.8, 4) is 6.07 Å². The number of rotatable bonds is 5. The lowest BCUT2D eigenvalue weighted by Crippen LogP contribution is -2.28. The van der Waals surface area contributed by atoms with Gasteiger partial charge in [0.2, 0.25) is 0 Å². The van der Waals surface area contributed by atoms with E-state index in [1.807, 2.05) is 24.3 Å². The van der Waals surface area contributed by atoms with Gasteiger partial charge in [-0.05, 0) is 44.0 Å². The second kappa shape index (κ2) is 6.21. The molecule has 0 aromatic heterocycles. The second-order valence-corrected chi connectivity index (χ2v) is 3.87. The zero-order valence-corrected chi connectivity index (χ0v) is 9.46. The first-order valence-electron chi connectivity index (χ1n) is 5.48. The first-order valence-corrected chi connectivity index (χ1v) is 5.48. The Morgan fingerprint density at radius 3 is 2.53 bits per heavy atom. The summed E-state index contributed by atoms with van der Waals surface area (Å²) in [4.78, 5) is 0. The van der Waals surface area contributed by atoms with Crippen molar-refractivity contribution < 1.29 is 0 Å². The number of hydrogen-bond donors (Lipinski definition) is 1. The predicted octanol–water partition coefficient (Wildman–Crippen LogP) is 2.49. The third kappa shape index (κ3) is 4.14. The van der Waals surface area contributed by atoms with Crippen LogP contribution in [-0.2, 0) is 6.42 Å². The van der Waals surface area contributed by atoms with Crippen LogP contribution in [0.4, 0.5) is 0 Å². The van der Waals surface area contributed by atoms with Gasteiger partial charge in [0.05, 0.1) is 11.6 Å². The molecule has 0 fully saturated rings. The van der Waals surface area contributed by atoms with Gasteiger partial charge in [-0.2, -0.15) is 5.26 Å². The molecular weight excluding hydrogens is 184 g/mol. The maximum Gasteiger partial charge on any atom is 0.0991 e. The lowest BCUT2D eigenvalue weighted by atomic mass is 10.1. The summed E-state index contributed by atoms with van der Waals surface area (Å²) in [6, 6.07) is 10.4. The van der Waals surface area contributed by atoms with Crippen LogP contribution in [0.2, 0.25) is 0 Å². The van der Waals surface area contributed by atoms with Gasteiger partial charge in [-0.25, -0.2) is 0 Å². The van der Waals surface area contributed by atoms with E-state index in [0.717, 1.165) is 24.9 Å². The van der Waals surface area contributed by atoms with Gasteiger partial charge in [0.25, 0.3) is 0 Å². The molecule has 0 radical (unpaired) electrons. The summed E-state index contributed by atoms with van der Waals surface area (Å²) in [7, 11) is 0. The Morgan fingerprint density at radius 2 is 2.00 bits per heavy atom. The lowest BCUT2D eigenvalue weighted by Gasteiger charge is -2.12. The van der Waals surface area contributed by atoms with Crippen LogP contribution in [0.3, 0.4) is 0 Å². The highest BCUT2D eigenvalue weighted by Crippen LogP contribution is 2.06. The molecule has 1 N–H and O–H groups in total. The highest BCUT2D eigenvalue weighted by Gasteiger charge is 2.01. The fourth-order valence-corrected chi connectivity index (χ4v) is 1.53. The molecule has 80 valence electrons. The number of nitrogens with one attached hydrogen (secondary N) is 1. The van der Waals surface area contributed by atoms with Gasteiger partial charge in [-0.15, -0.1) is 0 Å². The molecule has 0 aliphatic rings. The molecule has 0 saturated carbocycles. The van der Waals surface area contributed by atoms with Crippen LogP contribution in [0.15, 0.2) is 24.3 Å². The van der Waals surface area contributed by atoms with Crippen molar-refractivity contribution in [2.75, 3.05) is 6.54 Å². The van der Waals surface area contributed by atoms with Gasteiger partial charge < -0.3 is 5.32 Å². The van der Waals surface area contributed by atoms with Gasteiger partial charge in [0, 0.05) is 6.04 Å². The fourth-order valence-electron chi connectivity index (χ4n) is 1.53. The number of benzene rings is 1. The highest BCUT2D eigenvalue weighted by atomic mass is 14.9. The maximum absolute atomic E-state index is 8.66. The van der Waals surface area contributed by atoms with E-state index in [0.29, 0.717) is 6.04 Å². The summed E-state index contributed by atoms with van der Waals surface area (Å²) >= 11 is 0. The molecule has 15 heavy (non-hydrogen) atoms. The summed E-state index contributed by atoms with van der Waals surface area (Å²) in [5.74, 6) is 0. The van der Waals surface area contributed by atoms with E-state index in [2.05, 4.69) is 25.2 Å². The van der Waals surface area contributed by atoms with E-state index in [4.69, 9.17) is 5.26 Å². The van der Waals surface area contributed by atoms with Crippen LogP contribution < -0.4 is 5.32 Å². The molecule has 1 aromatic carbocycles. The Labute approximate surface area is 91.9 Å². The molecule has 0 amide bonds. The Hall–Kier alpha value is -1.33. The zero-order valence-electron chi connectivity index (χ0n) is 9.46. The minimum atomic E-state index is 0.498. The molecule has 0 aliphatic heterocycles. The third-order valence-corrected chi connectivity index (χ3v) is 2.37. The maximum atomic E-state index is 8.66. The van der Waals surface area contributed by atoms with Crippen LogP contribution in [-0.4, -0.2) is 12.6 Å². The average molecular weight is 202 g/mol. The Balaban J connectivity index is 2.47. The monoisotopic (exact) mass is 202 g/mol. The molecule has 1 rings (SSSR count). The number of nitrogens with zero attached hydrogens (tertiary/aromatic N) is 1. The lowest BCUT2D eigenvalue weighted by molar-refractivity contribution is 0.543. The molecule has 1 unspecified atom stereocenters. The number of hydrogen-bond acceptors (Lipinski definition) is 2. The Kier molecular flexibility index (Phi) is 4.86.